The Morgan fingerprint density at radius 3 is 2.43 bits per heavy atom. The number of rotatable bonds is 11. The smallest absolute Gasteiger partial charge is 0.322 e. The molecule has 7 nitrogen and oxygen atoms in total. The topological polar surface area (TPSA) is 71.1 Å². The van der Waals surface area contributed by atoms with Crippen LogP contribution in [0.25, 0.3) is 0 Å². The van der Waals surface area contributed by atoms with Gasteiger partial charge in [-0.15, -0.1) is 11.3 Å². The Balaban J connectivity index is 1.47. The molecule has 0 unspecified atom stereocenters. The van der Waals surface area contributed by atoms with Gasteiger partial charge in [0.2, 0.25) is 5.91 Å². The first-order valence-corrected chi connectivity index (χ1v) is 13.4. The predicted molar refractivity (Wildman–Crippen MR) is 148 cm³/mol. The summed E-state index contributed by atoms with van der Waals surface area (Å²) in [5.41, 5.74) is 2.86. The van der Waals surface area contributed by atoms with Crippen molar-refractivity contribution in [2.75, 3.05) is 32.6 Å². The number of methoxy groups -OCH3 is 2. The number of carbonyl (C=O) groups is 2. The minimum atomic E-state index is -0.228. The van der Waals surface area contributed by atoms with Crippen LogP contribution in [0.4, 0.5) is 10.5 Å². The van der Waals surface area contributed by atoms with Crippen LogP contribution in [0.15, 0.2) is 54.6 Å². The summed E-state index contributed by atoms with van der Waals surface area (Å²) in [7, 11) is 3.23. The van der Waals surface area contributed by atoms with E-state index in [0.717, 1.165) is 34.5 Å². The van der Waals surface area contributed by atoms with Crippen LogP contribution in [0.5, 0.6) is 11.5 Å². The first kappa shape index (κ1) is 26.5. The summed E-state index contributed by atoms with van der Waals surface area (Å²) in [6.07, 6.45) is 2.50. The first-order valence-electron chi connectivity index (χ1n) is 12.5. The van der Waals surface area contributed by atoms with Crippen molar-refractivity contribution in [3.63, 3.8) is 0 Å². The maximum atomic E-state index is 13.6. The number of aryl methyl sites for hydroxylation is 2. The summed E-state index contributed by atoms with van der Waals surface area (Å²) in [5.74, 6) is 1.28. The Bertz CT molecular complexity index is 1240. The molecule has 3 amide bonds. The fraction of sp³-hybridized carbons (Fsp3) is 0.379. The lowest BCUT2D eigenvalue weighted by atomic mass is 10.1. The van der Waals surface area contributed by atoms with Crippen LogP contribution in [0.1, 0.15) is 33.7 Å². The number of nitrogens with one attached hydrogen (secondary N) is 1. The number of nitrogens with zero attached hydrogens (tertiary/aromatic N) is 2. The lowest BCUT2D eigenvalue weighted by Gasteiger charge is -2.28. The number of anilines is 1. The van der Waals surface area contributed by atoms with Gasteiger partial charge in [-0.05, 0) is 80.6 Å². The molecular formula is C29H35N3O4S. The van der Waals surface area contributed by atoms with E-state index in [0.29, 0.717) is 31.0 Å². The summed E-state index contributed by atoms with van der Waals surface area (Å²) < 4.78 is 10.8. The Morgan fingerprint density at radius 2 is 1.78 bits per heavy atom. The highest BCUT2D eigenvalue weighted by Gasteiger charge is 2.35. The van der Waals surface area contributed by atoms with Crippen LogP contribution in [0.3, 0.4) is 0 Å². The van der Waals surface area contributed by atoms with Crippen molar-refractivity contribution in [2.24, 2.45) is 0 Å². The van der Waals surface area contributed by atoms with Crippen molar-refractivity contribution in [3.8, 4) is 11.5 Å². The second-order valence-electron chi connectivity index (χ2n) is 9.43. The Morgan fingerprint density at radius 1 is 1.00 bits per heavy atom. The Labute approximate surface area is 223 Å². The third-order valence-electron chi connectivity index (χ3n) is 6.44. The molecule has 0 saturated heterocycles. The average Bonchev–Trinajstić information content (AvgIpc) is 3.65. The summed E-state index contributed by atoms with van der Waals surface area (Å²) in [6.45, 7) is 5.15. The molecule has 0 atom stereocenters. The summed E-state index contributed by atoms with van der Waals surface area (Å²) in [5, 5.41) is 2.98. The SMILES string of the molecule is COc1ccc(CCN(Cc2ccc(C)s2)C(=O)CN(C(=O)Nc2cccc(C)c2)C2CC2)cc1OC. The Kier molecular flexibility index (Phi) is 8.71. The summed E-state index contributed by atoms with van der Waals surface area (Å²) >= 11 is 1.69. The van der Waals surface area contributed by atoms with Gasteiger partial charge in [0.15, 0.2) is 11.5 Å². The highest BCUT2D eigenvalue weighted by atomic mass is 32.1. The molecule has 1 aromatic heterocycles. The number of amides is 3. The zero-order chi connectivity index (χ0) is 26.4. The number of ether oxygens (including phenoxy) is 2. The molecule has 0 radical (unpaired) electrons. The highest BCUT2D eigenvalue weighted by molar-refractivity contribution is 7.11. The molecule has 37 heavy (non-hydrogen) atoms. The minimum Gasteiger partial charge on any atom is -0.493 e. The van der Waals surface area contributed by atoms with Crippen LogP contribution >= 0.6 is 11.3 Å². The van der Waals surface area contributed by atoms with E-state index in [1.165, 1.54) is 4.88 Å². The fourth-order valence-electron chi connectivity index (χ4n) is 4.27. The van der Waals surface area contributed by atoms with Crippen LogP contribution in [-0.4, -0.2) is 55.1 Å². The lowest BCUT2D eigenvalue weighted by Crippen LogP contribution is -2.45. The van der Waals surface area contributed by atoms with E-state index in [9.17, 15) is 9.59 Å². The molecule has 1 aliphatic carbocycles. The van der Waals surface area contributed by atoms with Gasteiger partial charge < -0.3 is 24.6 Å². The quantitative estimate of drug-likeness (QED) is 0.354. The fourth-order valence-corrected chi connectivity index (χ4v) is 5.17. The number of urea groups is 1. The van der Waals surface area contributed by atoms with Crippen molar-refractivity contribution in [1.82, 2.24) is 9.80 Å². The minimum absolute atomic E-state index is 0.0542. The molecule has 8 heteroatoms. The molecule has 1 heterocycles. The van der Waals surface area contributed by atoms with E-state index in [4.69, 9.17) is 9.47 Å². The van der Waals surface area contributed by atoms with Crippen molar-refractivity contribution >= 4 is 29.0 Å². The normalized spacial score (nSPS) is 12.6. The van der Waals surface area contributed by atoms with E-state index in [2.05, 4.69) is 24.4 Å². The molecule has 1 aliphatic rings. The lowest BCUT2D eigenvalue weighted by molar-refractivity contribution is -0.132. The molecule has 0 bridgehead atoms. The number of benzene rings is 2. The first-order chi connectivity index (χ1) is 17.9. The molecule has 1 N–H and O–H groups in total. The maximum Gasteiger partial charge on any atom is 0.322 e. The molecule has 2 aromatic carbocycles. The van der Waals surface area contributed by atoms with Crippen LogP contribution < -0.4 is 14.8 Å². The van der Waals surface area contributed by atoms with Gasteiger partial charge in [0.25, 0.3) is 0 Å². The molecule has 4 rings (SSSR count). The van der Waals surface area contributed by atoms with Gasteiger partial charge in [-0.2, -0.15) is 0 Å². The molecule has 1 saturated carbocycles. The largest absolute Gasteiger partial charge is 0.493 e. The zero-order valence-corrected chi connectivity index (χ0v) is 22.8. The molecule has 196 valence electrons. The van der Waals surface area contributed by atoms with Crippen molar-refractivity contribution < 1.29 is 19.1 Å². The van der Waals surface area contributed by atoms with Crippen molar-refractivity contribution in [3.05, 3.63) is 75.5 Å². The molecule has 3 aromatic rings. The van der Waals surface area contributed by atoms with Crippen LogP contribution in [0.2, 0.25) is 0 Å². The molecule has 0 spiro atoms. The number of hydrogen-bond donors (Lipinski definition) is 1. The zero-order valence-electron chi connectivity index (χ0n) is 22.0. The monoisotopic (exact) mass is 521 g/mol. The van der Waals surface area contributed by atoms with E-state index in [1.807, 2.05) is 54.3 Å². The van der Waals surface area contributed by atoms with Crippen molar-refractivity contribution in [2.45, 2.75) is 45.7 Å². The third kappa shape index (κ3) is 7.26. The molecular weight excluding hydrogens is 486 g/mol. The number of carbonyl (C=O) groups excluding carboxylic acids is 2. The molecule has 0 aliphatic heterocycles. The van der Waals surface area contributed by atoms with Crippen LogP contribution in [0, 0.1) is 13.8 Å². The third-order valence-corrected chi connectivity index (χ3v) is 7.42. The van der Waals surface area contributed by atoms with Gasteiger partial charge in [-0.3, -0.25) is 4.79 Å². The highest BCUT2D eigenvalue weighted by Crippen LogP contribution is 2.29. The maximum absolute atomic E-state index is 13.6. The summed E-state index contributed by atoms with van der Waals surface area (Å²) in [6, 6.07) is 17.5. The average molecular weight is 522 g/mol. The van der Waals surface area contributed by atoms with Gasteiger partial charge in [0.05, 0.1) is 20.8 Å². The predicted octanol–water partition coefficient (Wildman–Crippen LogP) is 5.65. The van der Waals surface area contributed by atoms with Gasteiger partial charge in [-0.1, -0.05) is 18.2 Å². The van der Waals surface area contributed by atoms with Crippen molar-refractivity contribution in [1.29, 1.82) is 0 Å². The van der Waals surface area contributed by atoms with Gasteiger partial charge in [-0.25, -0.2) is 4.79 Å². The van der Waals surface area contributed by atoms with Crippen LogP contribution in [-0.2, 0) is 17.8 Å². The standard InChI is InChI=1S/C29H35N3O4S/c1-20-6-5-7-23(16-20)30-29(34)32(24-10-11-24)19-28(33)31(18-25-12-8-21(2)37-25)15-14-22-9-13-26(35-3)27(17-22)36-4/h5-9,12-13,16-17,24H,10-11,14-15,18-19H2,1-4H3,(H,30,34). The van der Waals surface area contributed by atoms with E-state index >= 15 is 0 Å². The second-order valence-corrected chi connectivity index (χ2v) is 10.8. The number of thiophene rings is 1. The number of hydrogen-bond acceptors (Lipinski definition) is 5. The second kappa shape index (κ2) is 12.1. The van der Waals surface area contributed by atoms with E-state index in [-0.39, 0.29) is 24.5 Å². The summed E-state index contributed by atoms with van der Waals surface area (Å²) in [4.78, 5) is 32.7. The van der Waals surface area contributed by atoms with E-state index in [1.54, 1.807) is 30.5 Å². The van der Waals surface area contributed by atoms with Gasteiger partial charge in [0, 0.05) is 28.0 Å². The molecule has 1 fully saturated rings. The van der Waals surface area contributed by atoms with Gasteiger partial charge in [0.1, 0.15) is 6.54 Å². The van der Waals surface area contributed by atoms with Gasteiger partial charge >= 0.3 is 6.03 Å². The van der Waals surface area contributed by atoms with E-state index < -0.39 is 0 Å². The Hall–Kier alpha value is -3.52.